The number of piperidine rings is 1. The summed E-state index contributed by atoms with van der Waals surface area (Å²) in [6.45, 7) is 1.99. The van der Waals surface area contributed by atoms with E-state index < -0.39 is 0 Å². The third-order valence-electron chi connectivity index (χ3n) is 4.37. The van der Waals surface area contributed by atoms with E-state index in [2.05, 4.69) is 44.1 Å². The average molecular weight is 293 g/mol. The second-order valence-electron chi connectivity index (χ2n) is 5.86. The lowest BCUT2D eigenvalue weighted by molar-refractivity contribution is 0.498. The fourth-order valence-corrected chi connectivity index (χ4v) is 2.99. The van der Waals surface area contributed by atoms with Crippen LogP contribution in [0.3, 0.4) is 0 Å². The molecule has 4 rings (SSSR count). The van der Waals surface area contributed by atoms with E-state index >= 15 is 0 Å². The SMILES string of the molecule is NC1CCN(c2ccc(-c3ccc4nc[nH]c4c3)cn2)CC1. The van der Waals surface area contributed by atoms with E-state index in [1.165, 1.54) is 0 Å². The molecule has 5 nitrogen and oxygen atoms in total. The van der Waals surface area contributed by atoms with Crippen LogP contribution in [0.2, 0.25) is 0 Å². The molecular formula is C17H19N5. The smallest absolute Gasteiger partial charge is 0.128 e. The number of fused-ring (bicyclic) bond motifs is 1. The van der Waals surface area contributed by atoms with E-state index in [0.29, 0.717) is 6.04 Å². The number of anilines is 1. The van der Waals surface area contributed by atoms with Crippen molar-refractivity contribution >= 4 is 16.9 Å². The molecule has 1 fully saturated rings. The van der Waals surface area contributed by atoms with Crippen LogP contribution >= 0.6 is 0 Å². The summed E-state index contributed by atoms with van der Waals surface area (Å²) in [5.74, 6) is 1.04. The van der Waals surface area contributed by atoms with E-state index in [-0.39, 0.29) is 0 Å². The van der Waals surface area contributed by atoms with Crippen molar-refractivity contribution in [1.29, 1.82) is 0 Å². The second-order valence-corrected chi connectivity index (χ2v) is 5.86. The Morgan fingerprint density at radius 2 is 1.86 bits per heavy atom. The van der Waals surface area contributed by atoms with Crippen molar-refractivity contribution in [3.8, 4) is 11.1 Å². The maximum atomic E-state index is 5.96. The number of hydrogen-bond donors (Lipinski definition) is 2. The van der Waals surface area contributed by atoms with Gasteiger partial charge in [0.15, 0.2) is 0 Å². The second kappa shape index (κ2) is 5.42. The zero-order valence-electron chi connectivity index (χ0n) is 12.4. The third kappa shape index (κ3) is 2.44. The van der Waals surface area contributed by atoms with Gasteiger partial charge in [0, 0.05) is 30.9 Å². The Morgan fingerprint density at radius 3 is 2.64 bits per heavy atom. The number of pyridine rings is 1. The molecule has 0 aliphatic carbocycles. The van der Waals surface area contributed by atoms with Gasteiger partial charge in [-0.2, -0.15) is 0 Å². The summed E-state index contributed by atoms with van der Waals surface area (Å²) in [6.07, 6.45) is 5.75. The van der Waals surface area contributed by atoms with Crippen molar-refractivity contribution in [3.05, 3.63) is 42.9 Å². The minimum atomic E-state index is 0.344. The van der Waals surface area contributed by atoms with Crippen molar-refractivity contribution in [1.82, 2.24) is 15.0 Å². The number of benzene rings is 1. The molecule has 0 spiro atoms. The Bertz CT molecular complexity index is 769. The minimum Gasteiger partial charge on any atom is -0.357 e. The van der Waals surface area contributed by atoms with Crippen LogP contribution in [0.4, 0.5) is 5.82 Å². The number of imidazole rings is 1. The topological polar surface area (TPSA) is 70.8 Å². The van der Waals surface area contributed by atoms with E-state index in [1.807, 2.05) is 12.3 Å². The number of H-pyrrole nitrogens is 1. The number of rotatable bonds is 2. The van der Waals surface area contributed by atoms with E-state index in [4.69, 9.17) is 5.73 Å². The van der Waals surface area contributed by atoms with Gasteiger partial charge in [-0.05, 0) is 42.7 Å². The molecule has 1 aliphatic heterocycles. The van der Waals surface area contributed by atoms with Crippen molar-refractivity contribution in [2.75, 3.05) is 18.0 Å². The molecule has 3 aromatic rings. The molecule has 3 heterocycles. The molecule has 0 bridgehead atoms. The standard InChI is InChI=1S/C17H19N5/c18-14-5-7-22(8-6-14)17-4-2-13(10-19-17)12-1-3-15-16(9-12)21-11-20-15/h1-4,9-11,14H,5-8,18H2,(H,20,21). The van der Waals surface area contributed by atoms with Gasteiger partial charge in [-0.15, -0.1) is 0 Å². The van der Waals surface area contributed by atoms with E-state index in [1.54, 1.807) is 6.33 Å². The molecule has 5 heteroatoms. The molecule has 2 aromatic heterocycles. The van der Waals surface area contributed by atoms with Crippen molar-refractivity contribution in [2.24, 2.45) is 5.73 Å². The number of nitrogens with zero attached hydrogens (tertiary/aromatic N) is 3. The molecule has 112 valence electrons. The number of nitrogens with one attached hydrogen (secondary N) is 1. The number of aromatic nitrogens is 3. The van der Waals surface area contributed by atoms with Gasteiger partial charge in [-0.1, -0.05) is 6.07 Å². The molecule has 0 saturated carbocycles. The molecule has 0 amide bonds. The first-order valence-corrected chi connectivity index (χ1v) is 7.70. The lowest BCUT2D eigenvalue weighted by Gasteiger charge is -2.31. The predicted octanol–water partition coefficient (Wildman–Crippen LogP) is 2.55. The zero-order chi connectivity index (χ0) is 14.9. The predicted molar refractivity (Wildman–Crippen MR) is 88.7 cm³/mol. The van der Waals surface area contributed by atoms with Gasteiger partial charge in [0.1, 0.15) is 5.82 Å². The minimum absolute atomic E-state index is 0.344. The van der Waals surface area contributed by atoms with Crippen molar-refractivity contribution in [2.45, 2.75) is 18.9 Å². The highest BCUT2D eigenvalue weighted by Crippen LogP contribution is 2.24. The summed E-state index contributed by atoms with van der Waals surface area (Å²) >= 11 is 0. The Labute approximate surface area is 129 Å². The lowest BCUT2D eigenvalue weighted by Crippen LogP contribution is -2.40. The van der Waals surface area contributed by atoms with Crippen LogP contribution in [0.5, 0.6) is 0 Å². The molecule has 1 aromatic carbocycles. The average Bonchev–Trinajstić information content (AvgIpc) is 3.03. The quantitative estimate of drug-likeness (QED) is 0.762. The maximum absolute atomic E-state index is 5.96. The Balaban J connectivity index is 1.58. The summed E-state index contributed by atoms with van der Waals surface area (Å²) < 4.78 is 0. The highest BCUT2D eigenvalue weighted by Gasteiger charge is 2.17. The Morgan fingerprint density at radius 1 is 1.05 bits per heavy atom. The largest absolute Gasteiger partial charge is 0.357 e. The molecule has 1 saturated heterocycles. The zero-order valence-corrected chi connectivity index (χ0v) is 12.4. The highest BCUT2D eigenvalue weighted by molar-refractivity contribution is 5.81. The van der Waals surface area contributed by atoms with Crippen LogP contribution in [0.25, 0.3) is 22.2 Å². The summed E-state index contributed by atoms with van der Waals surface area (Å²) in [5.41, 5.74) is 10.3. The highest BCUT2D eigenvalue weighted by atomic mass is 15.2. The number of hydrogen-bond acceptors (Lipinski definition) is 4. The first-order chi connectivity index (χ1) is 10.8. The Hall–Kier alpha value is -2.40. The number of nitrogens with two attached hydrogens (primary N) is 1. The van der Waals surface area contributed by atoms with Crippen LogP contribution in [-0.4, -0.2) is 34.1 Å². The monoisotopic (exact) mass is 293 g/mol. The van der Waals surface area contributed by atoms with Crippen LogP contribution in [0.15, 0.2) is 42.9 Å². The maximum Gasteiger partial charge on any atom is 0.128 e. The van der Waals surface area contributed by atoms with Crippen LogP contribution in [-0.2, 0) is 0 Å². The van der Waals surface area contributed by atoms with Gasteiger partial charge < -0.3 is 15.6 Å². The molecule has 0 unspecified atom stereocenters. The summed E-state index contributed by atoms with van der Waals surface area (Å²) in [5, 5.41) is 0. The molecular weight excluding hydrogens is 274 g/mol. The first-order valence-electron chi connectivity index (χ1n) is 7.70. The third-order valence-corrected chi connectivity index (χ3v) is 4.37. The molecule has 1 aliphatic rings. The van der Waals surface area contributed by atoms with Crippen LogP contribution in [0, 0.1) is 0 Å². The van der Waals surface area contributed by atoms with Gasteiger partial charge in [-0.3, -0.25) is 0 Å². The Kier molecular flexibility index (Phi) is 3.27. The molecule has 3 N–H and O–H groups in total. The fraction of sp³-hybridized carbons (Fsp3) is 0.294. The van der Waals surface area contributed by atoms with E-state index in [9.17, 15) is 0 Å². The summed E-state index contributed by atoms with van der Waals surface area (Å²) in [7, 11) is 0. The molecule has 0 radical (unpaired) electrons. The van der Waals surface area contributed by atoms with Gasteiger partial charge >= 0.3 is 0 Å². The van der Waals surface area contributed by atoms with Crippen LogP contribution in [0.1, 0.15) is 12.8 Å². The van der Waals surface area contributed by atoms with Gasteiger partial charge in [0.2, 0.25) is 0 Å². The first kappa shape index (κ1) is 13.3. The van der Waals surface area contributed by atoms with Gasteiger partial charge in [0.05, 0.1) is 17.4 Å². The van der Waals surface area contributed by atoms with Gasteiger partial charge in [-0.25, -0.2) is 9.97 Å². The van der Waals surface area contributed by atoms with Crippen molar-refractivity contribution in [3.63, 3.8) is 0 Å². The normalized spacial score (nSPS) is 16.3. The summed E-state index contributed by atoms with van der Waals surface area (Å²) in [4.78, 5) is 14.3. The van der Waals surface area contributed by atoms with E-state index in [0.717, 1.165) is 53.9 Å². The van der Waals surface area contributed by atoms with Crippen LogP contribution < -0.4 is 10.6 Å². The van der Waals surface area contributed by atoms with Gasteiger partial charge in [0.25, 0.3) is 0 Å². The number of aromatic amines is 1. The molecule has 22 heavy (non-hydrogen) atoms. The fourth-order valence-electron chi connectivity index (χ4n) is 2.99. The lowest BCUT2D eigenvalue weighted by atomic mass is 10.1. The van der Waals surface area contributed by atoms with Crippen molar-refractivity contribution < 1.29 is 0 Å². The summed E-state index contributed by atoms with van der Waals surface area (Å²) in [6, 6.07) is 10.8. The molecule has 0 atom stereocenters.